The van der Waals surface area contributed by atoms with Gasteiger partial charge in [-0.2, -0.15) is 4.57 Å². The number of nitrogens with zero attached hydrogens (tertiary/aromatic N) is 1. The number of benzene rings is 2. The van der Waals surface area contributed by atoms with Crippen molar-refractivity contribution in [3.05, 3.63) is 113 Å². The lowest BCUT2D eigenvalue weighted by Crippen LogP contribution is -2.44. The lowest BCUT2D eigenvalue weighted by molar-refractivity contribution is -0.577. The van der Waals surface area contributed by atoms with Gasteiger partial charge in [-0.15, -0.1) is 0 Å². The third kappa shape index (κ3) is 4.45. The van der Waals surface area contributed by atoms with Gasteiger partial charge < -0.3 is 0 Å². The summed E-state index contributed by atoms with van der Waals surface area (Å²) in [4.78, 5) is 26.9. The molecule has 0 saturated heterocycles. The molecule has 5 rings (SSSR count). The van der Waals surface area contributed by atoms with Gasteiger partial charge in [-0.3, -0.25) is 14.3 Å². The molecule has 0 fully saturated rings. The Balaban J connectivity index is 1.60. The second-order valence-corrected chi connectivity index (χ2v) is 10.6. The minimum Gasteiger partial charge on any atom is -0.287 e. The summed E-state index contributed by atoms with van der Waals surface area (Å²) in [6.07, 6.45) is 10.8. The zero-order valence-electron chi connectivity index (χ0n) is 18.6. The summed E-state index contributed by atoms with van der Waals surface area (Å²) in [6.45, 7) is 0. The molecule has 0 spiro atoms. The summed E-state index contributed by atoms with van der Waals surface area (Å²) in [6, 6.07) is 15.8. The largest absolute Gasteiger partial charge is 0.287 e. The van der Waals surface area contributed by atoms with E-state index in [2.05, 4.69) is 16.9 Å². The molecule has 1 N–H and O–H groups in total. The van der Waals surface area contributed by atoms with Crippen LogP contribution in [0.1, 0.15) is 51.5 Å². The topological polar surface area (TPSA) is 84.2 Å². The van der Waals surface area contributed by atoms with Gasteiger partial charge in [0, 0.05) is 28.3 Å². The summed E-state index contributed by atoms with van der Waals surface area (Å²) >= 11 is 5.89. The SMILES string of the molecule is O=C1C(NS(=O)(=O)c2ccc(Cl)cc2)=C([n+]2ccc(C3CC=CCC3)cc2)C(=O)c2ccccc21. The zero-order valence-corrected chi connectivity index (χ0v) is 20.2. The molecule has 6 nitrogen and oxygen atoms in total. The Bertz CT molecular complexity index is 1490. The van der Waals surface area contributed by atoms with Crippen molar-refractivity contribution in [2.24, 2.45) is 0 Å². The first-order valence-electron chi connectivity index (χ1n) is 11.2. The molecule has 0 bridgehead atoms. The van der Waals surface area contributed by atoms with Gasteiger partial charge in [0.1, 0.15) is 0 Å². The van der Waals surface area contributed by atoms with Crippen LogP contribution in [-0.2, 0) is 10.0 Å². The fourth-order valence-corrected chi connectivity index (χ4v) is 5.66. The maximum atomic E-state index is 13.5. The number of halogens is 1. The van der Waals surface area contributed by atoms with E-state index in [0.29, 0.717) is 10.9 Å². The van der Waals surface area contributed by atoms with Crippen molar-refractivity contribution in [2.45, 2.75) is 30.1 Å². The molecule has 0 aliphatic heterocycles. The first kappa shape index (κ1) is 23.2. The summed E-state index contributed by atoms with van der Waals surface area (Å²) in [7, 11) is -4.16. The van der Waals surface area contributed by atoms with Gasteiger partial charge in [0.25, 0.3) is 21.5 Å². The number of Topliss-reactive ketones (excluding diaryl/α,β-unsaturated/α-hetero) is 2. The average molecular weight is 506 g/mol. The summed E-state index contributed by atoms with van der Waals surface area (Å²) < 4.78 is 30.2. The highest BCUT2D eigenvalue weighted by Gasteiger charge is 2.40. The van der Waals surface area contributed by atoms with E-state index in [1.54, 1.807) is 30.6 Å². The Morgan fingerprint density at radius 2 is 1.51 bits per heavy atom. The van der Waals surface area contributed by atoms with Crippen molar-refractivity contribution in [1.82, 2.24) is 4.72 Å². The van der Waals surface area contributed by atoms with Crippen LogP contribution < -0.4 is 9.29 Å². The highest BCUT2D eigenvalue weighted by atomic mass is 35.5. The summed E-state index contributed by atoms with van der Waals surface area (Å²) in [5.41, 5.74) is 1.19. The second kappa shape index (κ2) is 9.24. The van der Waals surface area contributed by atoms with Gasteiger partial charge in [-0.25, -0.2) is 8.42 Å². The van der Waals surface area contributed by atoms with Crippen LogP contribution in [0.4, 0.5) is 0 Å². The van der Waals surface area contributed by atoms with Crippen LogP contribution in [0.2, 0.25) is 5.02 Å². The van der Waals surface area contributed by atoms with Crippen molar-refractivity contribution in [3.63, 3.8) is 0 Å². The molecule has 2 aliphatic rings. The van der Waals surface area contributed by atoms with Crippen LogP contribution in [0.5, 0.6) is 0 Å². The number of allylic oxidation sites excluding steroid dienone is 4. The average Bonchev–Trinajstić information content (AvgIpc) is 2.88. The number of carbonyl (C=O) groups excluding carboxylic acids is 2. The standard InChI is InChI=1S/C27H21ClN2O4S/c28-20-10-12-21(13-11-20)35(33,34)29-24-25(27(32)23-9-5-4-8-22(23)26(24)31)30-16-14-19(15-17-30)18-6-2-1-3-7-18/h1-2,4-5,8-18H,3,6-7H2/p+1. The van der Waals surface area contributed by atoms with E-state index in [1.807, 2.05) is 12.1 Å². The smallest absolute Gasteiger partial charge is 0.287 e. The quantitative estimate of drug-likeness (QED) is 0.403. The Morgan fingerprint density at radius 1 is 0.857 bits per heavy atom. The molecule has 1 atom stereocenters. The fraction of sp³-hybridized carbons (Fsp3) is 0.148. The van der Waals surface area contributed by atoms with Crippen LogP contribution in [0, 0.1) is 0 Å². The van der Waals surface area contributed by atoms with E-state index < -0.39 is 21.6 Å². The zero-order chi connectivity index (χ0) is 24.6. The number of rotatable bonds is 5. The molecule has 1 aromatic heterocycles. The number of ketones is 2. The van der Waals surface area contributed by atoms with E-state index in [1.165, 1.54) is 34.9 Å². The van der Waals surface area contributed by atoms with Crippen LogP contribution in [0.15, 0.2) is 95.8 Å². The first-order chi connectivity index (χ1) is 16.8. The molecule has 1 unspecified atom stereocenters. The van der Waals surface area contributed by atoms with Crippen LogP contribution in [-0.4, -0.2) is 20.0 Å². The highest BCUT2D eigenvalue weighted by Crippen LogP contribution is 2.30. The molecule has 8 heteroatoms. The Hall–Kier alpha value is -3.55. The number of hydrogen-bond donors (Lipinski definition) is 1. The first-order valence-corrected chi connectivity index (χ1v) is 13.1. The van der Waals surface area contributed by atoms with Gasteiger partial charge >= 0.3 is 0 Å². The number of hydrogen-bond acceptors (Lipinski definition) is 4. The van der Waals surface area contributed by atoms with Gasteiger partial charge in [0.2, 0.25) is 5.78 Å². The maximum Gasteiger partial charge on any atom is 0.287 e. The third-order valence-electron chi connectivity index (χ3n) is 6.31. The number of pyridine rings is 1. The fourth-order valence-electron chi connectivity index (χ4n) is 4.47. The number of fused-ring (bicyclic) bond motifs is 1. The van der Waals surface area contributed by atoms with Gasteiger partial charge in [0.05, 0.1) is 4.90 Å². The van der Waals surface area contributed by atoms with Crippen molar-refractivity contribution < 1.29 is 22.6 Å². The molecule has 0 amide bonds. The van der Waals surface area contributed by atoms with E-state index >= 15 is 0 Å². The maximum absolute atomic E-state index is 13.5. The molecular formula is C27H22ClN2O4S+. The molecule has 3 aromatic rings. The minimum absolute atomic E-state index is 0.0404. The summed E-state index contributed by atoms with van der Waals surface area (Å²) in [5.74, 6) is -0.620. The van der Waals surface area contributed by atoms with Gasteiger partial charge in [-0.1, -0.05) is 48.0 Å². The molecule has 35 heavy (non-hydrogen) atoms. The minimum atomic E-state index is -4.16. The summed E-state index contributed by atoms with van der Waals surface area (Å²) in [5, 5.41) is 0.380. The Morgan fingerprint density at radius 3 is 2.14 bits per heavy atom. The van der Waals surface area contributed by atoms with E-state index in [4.69, 9.17) is 11.6 Å². The number of aromatic nitrogens is 1. The molecule has 2 aliphatic carbocycles. The van der Waals surface area contributed by atoms with Crippen LogP contribution in [0.25, 0.3) is 5.70 Å². The Labute approximate surface area is 208 Å². The molecular weight excluding hydrogens is 484 g/mol. The van der Waals surface area contributed by atoms with Gasteiger partial charge in [0.15, 0.2) is 18.1 Å². The van der Waals surface area contributed by atoms with E-state index in [0.717, 1.165) is 24.8 Å². The monoisotopic (exact) mass is 505 g/mol. The predicted octanol–water partition coefficient (Wildman–Crippen LogP) is 4.68. The third-order valence-corrected chi connectivity index (χ3v) is 7.93. The van der Waals surface area contributed by atoms with Gasteiger partial charge in [-0.05, 0) is 55.0 Å². The van der Waals surface area contributed by atoms with Crippen molar-refractivity contribution in [3.8, 4) is 0 Å². The van der Waals surface area contributed by atoms with Crippen LogP contribution >= 0.6 is 11.6 Å². The van der Waals surface area contributed by atoms with E-state index in [9.17, 15) is 18.0 Å². The highest BCUT2D eigenvalue weighted by molar-refractivity contribution is 7.89. The van der Waals surface area contributed by atoms with Crippen molar-refractivity contribution in [1.29, 1.82) is 0 Å². The molecule has 176 valence electrons. The van der Waals surface area contributed by atoms with Crippen molar-refractivity contribution in [2.75, 3.05) is 0 Å². The number of nitrogens with one attached hydrogen (secondary N) is 1. The molecule has 1 heterocycles. The lowest BCUT2D eigenvalue weighted by Gasteiger charge is -2.19. The predicted molar refractivity (Wildman–Crippen MR) is 132 cm³/mol. The normalized spacial score (nSPS) is 17.9. The second-order valence-electron chi connectivity index (χ2n) is 8.51. The van der Waals surface area contributed by atoms with E-state index in [-0.39, 0.29) is 27.4 Å². The van der Waals surface area contributed by atoms with Crippen molar-refractivity contribution >= 4 is 38.9 Å². The molecule has 0 saturated carbocycles. The molecule has 2 aromatic carbocycles. The van der Waals surface area contributed by atoms with Crippen LogP contribution in [0.3, 0.4) is 0 Å². The lowest BCUT2D eigenvalue weighted by atomic mass is 9.88. The Kier molecular flexibility index (Phi) is 6.13. The number of carbonyl (C=O) groups is 2. The number of sulfonamides is 1. The molecule has 0 radical (unpaired) electrons.